The fraction of sp³-hybridized carbons (Fsp3) is 0.636. The van der Waals surface area contributed by atoms with Gasteiger partial charge < -0.3 is 5.32 Å². The molecule has 18 heavy (non-hydrogen) atoms. The van der Waals surface area contributed by atoms with Crippen molar-refractivity contribution in [2.45, 2.75) is 18.2 Å². The van der Waals surface area contributed by atoms with Crippen molar-refractivity contribution in [1.82, 2.24) is 9.62 Å². The van der Waals surface area contributed by atoms with E-state index >= 15 is 0 Å². The molecule has 1 N–H and O–H groups in total. The zero-order valence-corrected chi connectivity index (χ0v) is 13.7. The van der Waals surface area contributed by atoms with Crippen molar-refractivity contribution in [3.8, 4) is 0 Å². The molecule has 0 saturated carbocycles. The third kappa shape index (κ3) is 2.80. The average molecular weight is 353 g/mol. The number of nitrogens with zero attached hydrogens (tertiary/aromatic N) is 1. The second kappa shape index (κ2) is 5.58. The van der Waals surface area contributed by atoms with Crippen LogP contribution in [-0.4, -0.2) is 39.4 Å². The first-order valence-electron chi connectivity index (χ1n) is 5.86. The van der Waals surface area contributed by atoms with Crippen LogP contribution in [0.4, 0.5) is 0 Å². The molecule has 1 fully saturated rings. The summed E-state index contributed by atoms with van der Waals surface area (Å²) in [5.41, 5.74) is 0. The summed E-state index contributed by atoms with van der Waals surface area (Å²) in [5, 5.41) is 3.11. The predicted molar refractivity (Wildman–Crippen MR) is 77.5 cm³/mol. The van der Waals surface area contributed by atoms with E-state index in [1.807, 2.05) is 14.0 Å². The Morgan fingerprint density at radius 2 is 2.33 bits per heavy atom. The van der Waals surface area contributed by atoms with Crippen molar-refractivity contribution in [3.63, 3.8) is 0 Å². The molecule has 0 unspecified atom stereocenters. The maximum Gasteiger partial charge on any atom is 0.244 e. The van der Waals surface area contributed by atoms with Crippen LogP contribution in [0.3, 0.4) is 0 Å². The molecule has 102 valence electrons. The fourth-order valence-electron chi connectivity index (χ4n) is 2.30. The lowest BCUT2D eigenvalue weighted by molar-refractivity contribution is 0.451. The first kappa shape index (κ1) is 14.5. The molecular formula is C11H17BrN2O2S2. The summed E-state index contributed by atoms with van der Waals surface area (Å²) in [5.74, 6) is 0.423. The monoisotopic (exact) mass is 352 g/mol. The van der Waals surface area contributed by atoms with Gasteiger partial charge in [-0.3, -0.25) is 0 Å². The quantitative estimate of drug-likeness (QED) is 0.901. The van der Waals surface area contributed by atoms with E-state index in [1.54, 1.807) is 10.4 Å². The average Bonchev–Trinajstić information content (AvgIpc) is 2.86. The van der Waals surface area contributed by atoms with Crippen LogP contribution in [0.15, 0.2) is 14.7 Å². The molecule has 1 atom stereocenters. The van der Waals surface area contributed by atoms with Crippen LogP contribution in [0.1, 0.15) is 11.3 Å². The van der Waals surface area contributed by atoms with E-state index in [-0.39, 0.29) is 0 Å². The lowest BCUT2D eigenvalue weighted by Crippen LogP contribution is -2.30. The normalized spacial score (nSPS) is 21.6. The van der Waals surface area contributed by atoms with Crippen LogP contribution in [0.25, 0.3) is 0 Å². The van der Waals surface area contributed by atoms with Crippen LogP contribution in [0.5, 0.6) is 0 Å². The first-order chi connectivity index (χ1) is 8.45. The molecule has 2 rings (SSSR count). The molecule has 4 nitrogen and oxygen atoms in total. The molecule has 0 bridgehead atoms. The minimum Gasteiger partial charge on any atom is -0.319 e. The number of aryl methyl sites for hydroxylation is 1. The van der Waals surface area contributed by atoms with E-state index in [4.69, 9.17) is 0 Å². The van der Waals surface area contributed by atoms with Crippen LogP contribution in [0, 0.1) is 12.8 Å². The van der Waals surface area contributed by atoms with Crippen LogP contribution < -0.4 is 5.32 Å². The molecule has 0 aliphatic carbocycles. The van der Waals surface area contributed by atoms with Crippen LogP contribution in [0.2, 0.25) is 0 Å². The largest absolute Gasteiger partial charge is 0.319 e. The van der Waals surface area contributed by atoms with Crippen molar-refractivity contribution >= 4 is 37.3 Å². The van der Waals surface area contributed by atoms with Gasteiger partial charge in [0.25, 0.3) is 0 Å². The maximum absolute atomic E-state index is 12.5. The molecule has 0 radical (unpaired) electrons. The second-order valence-electron chi connectivity index (χ2n) is 4.55. The minimum atomic E-state index is -3.31. The maximum atomic E-state index is 12.5. The van der Waals surface area contributed by atoms with Crippen molar-refractivity contribution in [2.75, 3.05) is 26.7 Å². The standard InChI is InChI=1S/C11H17BrN2O2S2/c1-8-10(5-11(12)17-8)18(15,16)14-4-3-9(7-14)6-13-2/h5,9,13H,3-4,6-7H2,1-2H3/t9-/m0/s1. The van der Waals surface area contributed by atoms with E-state index in [0.717, 1.165) is 21.6 Å². The Morgan fingerprint density at radius 1 is 1.61 bits per heavy atom. The number of sulfonamides is 1. The third-order valence-corrected chi connectivity index (χ3v) is 6.88. The second-order valence-corrected chi connectivity index (χ2v) is 9.09. The highest BCUT2D eigenvalue weighted by Crippen LogP contribution is 2.33. The minimum absolute atomic E-state index is 0.423. The summed E-state index contributed by atoms with van der Waals surface area (Å²) in [4.78, 5) is 1.29. The number of thiophene rings is 1. The number of rotatable bonds is 4. The summed E-state index contributed by atoms with van der Waals surface area (Å²) in [7, 11) is -1.41. The highest BCUT2D eigenvalue weighted by molar-refractivity contribution is 9.11. The van der Waals surface area contributed by atoms with E-state index in [9.17, 15) is 8.42 Å². The summed E-state index contributed by atoms with van der Waals surface area (Å²) in [6.45, 7) is 3.97. The van der Waals surface area contributed by atoms with Gasteiger partial charge in [-0.1, -0.05) is 0 Å². The zero-order chi connectivity index (χ0) is 13.3. The Bertz CT molecular complexity index is 527. The SMILES string of the molecule is CNC[C@@H]1CCN(S(=O)(=O)c2cc(Br)sc2C)C1. The molecule has 2 heterocycles. The highest BCUT2D eigenvalue weighted by Gasteiger charge is 2.33. The fourth-order valence-corrected chi connectivity index (χ4v) is 6.21. The van der Waals surface area contributed by atoms with E-state index in [2.05, 4.69) is 21.2 Å². The molecule has 0 spiro atoms. The Balaban J connectivity index is 2.20. The smallest absolute Gasteiger partial charge is 0.244 e. The van der Waals surface area contributed by atoms with Gasteiger partial charge in [-0.25, -0.2) is 8.42 Å². The van der Waals surface area contributed by atoms with Gasteiger partial charge in [0.05, 0.1) is 8.68 Å². The van der Waals surface area contributed by atoms with Gasteiger partial charge in [-0.05, 0) is 54.9 Å². The van der Waals surface area contributed by atoms with Gasteiger partial charge >= 0.3 is 0 Å². The van der Waals surface area contributed by atoms with E-state index < -0.39 is 10.0 Å². The van der Waals surface area contributed by atoms with Gasteiger partial charge in [-0.2, -0.15) is 4.31 Å². The van der Waals surface area contributed by atoms with E-state index in [0.29, 0.717) is 23.9 Å². The number of hydrogen-bond donors (Lipinski definition) is 1. The third-order valence-electron chi connectivity index (χ3n) is 3.20. The number of halogens is 1. The van der Waals surface area contributed by atoms with Gasteiger partial charge in [0.1, 0.15) is 0 Å². The highest BCUT2D eigenvalue weighted by atomic mass is 79.9. The van der Waals surface area contributed by atoms with Crippen molar-refractivity contribution in [1.29, 1.82) is 0 Å². The molecule has 1 saturated heterocycles. The van der Waals surface area contributed by atoms with Gasteiger partial charge in [0, 0.05) is 18.0 Å². The van der Waals surface area contributed by atoms with Crippen molar-refractivity contribution in [3.05, 3.63) is 14.7 Å². The summed E-state index contributed by atoms with van der Waals surface area (Å²) >= 11 is 4.81. The summed E-state index contributed by atoms with van der Waals surface area (Å²) < 4.78 is 27.5. The van der Waals surface area contributed by atoms with Gasteiger partial charge in [-0.15, -0.1) is 11.3 Å². The topological polar surface area (TPSA) is 49.4 Å². The summed E-state index contributed by atoms with van der Waals surface area (Å²) in [6, 6.07) is 1.71. The van der Waals surface area contributed by atoms with Crippen molar-refractivity contribution < 1.29 is 8.42 Å². The summed E-state index contributed by atoms with van der Waals surface area (Å²) in [6.07, 6.45) is 0.935. The molecular weight excluding hydrogens is 336 g/mol. The molecule has 7 heteroatoms. The molecule has 1 aromatic rings. The molecule has 0 aromatic carbocycles. The van der Waals surface area contributed by atoms with E-state index in [1.165, 1.54) is 11.3 Å². The molecule has 1 aliphatic heterocycles. The molecule has 1 aromatic heterocycles. The number of nitrogens with one attached hydrogen (secondary N) is 1. The lowest BCUT2D eigenvalue weighted by atomic mass is 10.1. The Kier molecular flexibility index (Phi) is 4.48. The predicted octanol–water partition coefficient (Wildman–Crippen LogP) is 2.05. The first-order valence-corrected chi connectivity index (χ1v) is 8.90. The Hall–Kier alpha value is 0.0500. The van der Waals surface area contributed by atoms with Gasteiger partial charge in [0.15, 0.2) is 0 Å². The van der Waals surface area contributed by atoms with Crippen LogP contribution in [-0.2, 0) is 10.0 Å². The zero-order valence-electron chi connectivity index (χ0n) is 10.4. The van der Waals surface area contributed by atoms with Gasteiger partial charge in [0.2, 0.25) is 10.0 Å². The number of hydrogen-bond acceptors (Lipinski definition) is 4. The molecule has 0 amide bonds. The Morgan fingerprint density at radius 3 is 2.89 bits per heavy atom. The Labute approximate surface area is 121 Å². The van der Waals surface area contributed by atoms with Crippen molar-refractivity contribution in [2.24, 2.45) is 5.92 Å². The van der Waals surface area contributed by atoms with Crippen LogP contribution >= 0.6 is 27.3 Å². The molecule has 1 aliphatic rings. The lowest BCUT2D eigenvalue weighted by Gasteiger charge is -2.16.